The van der Waals surface area contributed by atoms with Gasteiger partial charge in [-0.15, -0.1) is 0 Å². The molecular formula is C38H35N. The van der Waals surface area contributed by atoms with Gasteiger partial charge < -0.3 is 4.90 Å². The third kappa shape index (κ3) is 2.86. The van der Waals surface area contributed by atoms with Crippen molar-refractivity contribution in [2.24, 2.45) is 0 Å². The van der Waals surface area contributed by atoms with Gasteiger partial charge in [0.2, 0.25) is 0 Å². The van der Waals surface area contributed by atoms with Gasteiger partial charge in [-0.1, -0.05) is 92.6 Å². The van der Waals surface area contributed by atoms with E-state index >= 15 is 0 Å². The fourth-order valence-electron chi connectivity index (χ4n) is 8.60. The zero-order chi connectivity index (χ0) is 26.5. The molecule has 192 valence electrons. The number of nitrogens with zero attached hydrogens (tertiary/aromatic N) is 1. The summed E-state index contributed by atoms with van der Waals surface area (Å²) >= 11 is 0. The minimum atomic E-state index is 0.0612. The monoisotopic (exact) mass is 505 g/mol. The number of para-hydroxylation sites is 1. The molecule has 8 rings (SSSR count). The highest BCUT2D eigenvalue weighted by Gasteiger charge is 2.58. The maximum absolute atomic E-state index is 2.72. The van der Waals surface area contributed by atoms with Gasteiger partial charge in [0.25, 0.3) is 0 Å². The van der Waals surface area contributed by atoms with Gasteiger partial charge >= 0.3 is 0 Å². The summed E-state index contributed by atoms with van der Waals surface area (Å²) in [5.41, 5.74) is 10.1. The summed E-state index contributed by atoms with van der Waals surface area (Å²) < 4.78 is 0. The van der Waals surface area contributed by atoms with Crippen LogP contribution in [0.1, 0.15) is 56.2 Å². The van der Waals surface area contributed by atoms with E-state index in [2.05, 4.69) is 124 Å². The molecule has 2 unspecified atom stereocenters. The van der Waals surface area contributed by atoms with Crippen molar-refractivity contribution in [3.05, 3.63) is 108 Å². The molecule has 0 saturated heterocycles. The van der Waals surface area contributed by atoms with E-state index in [1.807, 2.05) is 0 Å². The van der Waals surface area contributed by atoms with Gasteiger partial charge in [0.15, 0.2) is 0 Å². The first-order valence-corrected chi connectivity index (χ1v) is 14.6. The molecule has 1 nitrogen and oxygen atoms in total. The molecule has 0 radical (unpaired) electrons. The Bertz CT molecular complexity index is 1900. The van der Waals surface area contributed by atoms with Crippen molar-refractivity contribution < 1.29 is 0 Å². The van der Waals surface area contributed by atoms with Crippen LogP contribution in [0, 0.1) is 13.8 Å². The Hall–Kier alpha value is -3.84. The van der Waals surface area contributed by atoms with E-state index in [4.69, 9.17) is 0 Å². The van der Waals surface area contributed by atoms with Crippen LogP contribution in [-0.2, 0) is 5.41 Å². The highest BCUT2D eigenvalue weighted by atomic mass is 15.3. The van der Waals surface area contributed by atoms with Gasteiger partial charge in [-0.2, -0.15) is 0 Å². The summed E-state index contributed by atoms with van der Waals surface area (Å²) in [6.07, 6.45) is 5.06. The first kappa shape index (κ1) is 23.1. The number of fused-ring (bicyclic) bond motifs is 3. The van der Waals surface area contributed by atoms with Crippen LogP contribution in [0.2, 0.25) is 0 Å². The second-order valence-electron chi connectivity index (χ2n) is 12.5. The zero-order valence-corrected chi connectivity index (χ0v) is 23.4. The fraction of sp³-hybridized carbons (Fsp3) is 0.263. The van der Waals surface area contributed by atoms with E-state index in [0.717, 1.165) is 0 Å². The number of anilines is 2. The Kier molecular flexibility index (Phi) is 4.65. The van der Waals surface area contributed by atoms with E-state index in [1.54, 1.807) is 5.56 Å². The normalized spacial score (nSPS) is 22.6. The molecule has 0 bridgehead atoms. The lowest BCUT2D eigenvalue weighted by atomic mass is 9.60. The third-order valence-electron chi connectivity index (χ3n) is 10.6. The standard InChI is InChI=1S/C38H35N/c1-24-23-32(30-19-17-28-16-15-26-11-10-12-27-18-20-31(30)34(28)33(26)27)25(2)35-36(24)39(29-13-6-5-7-14-29)38(4)22-9-8-21-37(35,38)3/h5-7,10-20,23H,8-9,21-22H2,1-4H3. The number of rotatable bonds is 2. The molecule has 6 aromatic rings. The SMILES string of the molecule is Cc1cc(-c2ccc3ccc4cccc5ccc2c3c45)c(C)c2c1N(c1ccccc1)C1(C)CCCCC21C. The van der Waals surface area contributed by atoms with Gasteiger partial charge in [0.1, 0.15) is 0 Å². The van der Waals surface area contributed by atoms with Crippen LogP contribution in [0.15, 0.2) is 91.0 Å². The Labute approximate surface area is 231 Å². The maximum Gasteiger partial charge on any atom is 0.0518 e. The Morgan fingerprint density at radius 1 is 0.641 bits per heavy atom. The average molecular weight is 506 g/mol. The average Bonchev–Trinajstić information content (AvgIpc) is 3.19. The molecule has 0 spiro atoms. The molecule has 1 aliphatic carbocycles. The van der Waals surface area contributed by atoms with E-state index in [9.17, 15) is 0 Å². The summed E-state index contributed by atoms with van der Waals surface area (Å²) in [4.78, 5) is 2.72. The Morgan fingerprint density at radius 3 is 2.08 bits per heavy atom. The van der Waals surface area contributed by atoms with Crippen molar-refractivity contribution >= 4 is 43.7 Å². The van der Waals surface area contributed by atoms with Crippen molar-refractivity contribution in [1.29, 1.82) is 0 Å². The fourth-order valence-corrected chi connectivity index (χ4v) is 8.60. The van der Waals surface area contributed by atoms with Crippen molar-refractivity contribution in [2.75, 3.05) is 4.90 Å². The summed E-state index contributed by atoms with van der Waals surface area (Å²) in [6, 6.07) is 34.3. The second-order valence-corrected chi connectivity index (χ2v) is 12.5. The van der Waals surface area contributed by atoms with Gasteiger partial charge in [-0.3, -0.25) is 0 Å². The molecule has 0 N–H and O–H groups in total. The molecule has 1 fully saturated rings. The lowest BCUT2D eigenvalue weighted by Gasteiger charge is -2.50. The van der Waals surface area contributed by atoms with Crippen LogP contribution in [0.4, 0.5) is 11.4 Å². The van der Waals surface area contributed by atoms with Crippen LogP contribution in [-0.4, -0.2) is 5.54 Å². The smallest absolute Gasteiger partial charge is 0.0518 e. The van der Waals surface area contributed by atoms with Crippen molar-refractivity contribution in [3.63, 3.8) is 0 Å². The topological polar surface area (TPSA) is 3.24 Å². The maximum atomic E-state index is 2.72. The van der Waals surface area contributed by atoms with E-state index in [1.165, 1.54) is 91.6 Å². The molecule has 2 atom stereocenters. The summed E-state index contributed by atoms with van der Waals surface area (Å²) in [5.74, 6) is 0. The van der Waals surface area contributed by atoms with Crippen LogP contribution < -0.4 is 4.90 Å². The van der Waals surface area contributed by atoms with Crippen LogP contribution >= 0.6 is 0 Å². The minimum Gasteiger partial charge on any atom is -0.334 e. The van der Waals surface area contributed by atoms with Crippen LogP contribution in [0.25, 0.3) is 43.4 Å². The highest BCUT2D eigenvalue weighted by Crippen LogP contribution is 2.63. The molecule has 1 aliphatic heterocycles. The summed E-state index contributed by atoms with van der Waals surface area (Å²) in [5, 5.41) is 8.15. The van der Waals surface area contributed by atoms with E-state index < -0.39 is 0 Å². The van der Waals surface area contributed by atoms with Crippen LogP contribution in [0.3, 0.4) is 0 Å². The van der Waals surface area contributed by atoms with Crippen molar-refractivity contribution in [1.82, 2.24) is 0 Å². The number of aryl methyl sites for hydroxylation is 1. The molecule has 6 aromatic carbocycles. The summed E-state index contributed by atoms with van der Waals surface area (Å²) in [7, 11) is 0. The first-order chi connectivity index (χ1) is 18.9. The highest BCUT2D eigenvalue weighted by molar-refractivity contribution is 6.25. The van der Waals surface area contributed by atoms with Gasteiger partial charge in [-0.05, 0) is 112 Å². The molecule has 1 heteroatoms. The molecule has 1 heterocycles. The lowest BCUT2D eigenvalue weighted by Crippen LogP contribution is -2.54. The predicted molar refractivity (Wildman–Crippen MR) is 168 cm³/mol. The van der Waals surface area contributed by atoms with Crippen molar-refractivity contribution in [2.45, 2.75) is 64.3 Å². The number of hydrogen-bond donors (Lipinski definition) is 0. The molecule has 0 aromatic heterocycles. The van der Waals surface area contributed by atoms with E-state index in [0.29, 0.717) is 0 Å². The van der Waals surface area contributed by atoms with Gasteiger partial charge in [0.05, 0.1) is 5.54 Å². The third-order valence-corrected chi connectivity index (χ3v) is 10.6. The largest absolute Gasteiger partial charge is 0.334 e. The Balaban J connectivity index is 1.44. The van der Waals surface area contributed by atoms with E-state index in [-0.39, 0.29) is 11.0 Å². The molecular weight excluding hydrogens is 470 g/mol. The molecule has 0 amide bonds. The van der Waals surface area contributed by atoms with Gasteiger partial charge in [-0.25, -0.2) is 0 Å². The quantitative estimate of drug-likeness (QED) is 0.212. The van der Waals surface area contributed by atoms with Crippen molar-refractivity contribution in [3.8, 4) is 11.1 Å². The Morgan fingerprint density at radius 2 is 1.31 bits per heavy atom. The zero-order valence-electron chi connectivity index (χ0n) is 23.4. The first-order valence-electron chi connectivity index (χ1n) is 14.6. The van der Waals surface area contributed by atoms with Crippen LogP contribution in [0.5, 0.6) is 0 Å². The lowest BCUT2D eigenvalue weighted by molar-refractivity contribution is 0.194. The molecule has 39 heavy (non-hydrogen) atoms. The molecule has 2 aliphatic rings. The second kappa shape index (κ2) is 7.85. The minimum absolute atomic E-state index is 0.0612. The number of hydrogen-bond acceptors (Lipinski definition) is 1. The number of benzene rings is 6. The van der Waals surface area contributed by atoms with Gasteiger partial charge in [0, 0.05) is 16.8 Å². The predicted octanol–water partition coefficient (Wildman–Crippen LogP) is 10.6. The summed E-state index contributed by atoms with van der Waals surface area (Å²) in [6.45, 7) is 9.85. The molecule has 1 saturated carbocycles.